The van der Waals surface area contributed by atoms with E-state index in [2.05, 4.69) is 15.6 Å². The molecule has 2 aromatic carbocycles. The van der Waals surface area contributed by atoms with Gasteiger partial charge in [0.2, 0.25) is 0 Å². The summed E-state index contributed by atoms with van der Waals surface area (Å²) in [4.78, 5) is 22.8. The first-order valence-electron chi connectivity index (χ1n) is 8.24. The number of nitrogens with zero attached hydrogens (tertiary/aromatic N) is 4. The molecule has 0 aliphatic carbocycles. The molecule has 1 aromatic heterocycles. The summed E-state index contributed by atoms with van der Waals surface area (Å²) in [6.07, 6.45) is -4.55. The van der Waals surface area contributed by atoms with Crippen LogP contribution in [0.3, 0.4) is 0 Å². The summed E-state index contributed by atoms with van der Waals surface area (Å²) in [6, 6.07) is 9.02. The molecule has 0 unspecified atom stereocenters. The van der Waals surface area contributed by atoms with E-state index in [9.17, 15) is 28.1 Å². The summed E-state index contributed by atoms with van der Waals surface area (Å²) >= 11 is 0. The molecule has 0 bridgehead atoms. The van der Waals surface area contributed by atoms with E-state index in [1.165, 1.54) is 48.9 Å². The second-order valence-electron chi connectivity index (χ2n) is 6.19. The molecule has 3 aromatic rings. The number of amides is 1. The standard InChI is InChI=1S/C18H14F3N5O3/c1-10-6-7-12(8-15(10)18(19,20)21)22-17(27)16-11(2)25(24-23-16)13-4-3-5-14(9-13)26(28)29/h3-9H,1-2H3,(H,22,27). The molecule has 8 nitrogen and oxygen atoms in total. The molecule has 0 saturated carbocycles. The van der Waals surface area contributed by atoms with Gasteiger partial charge in [0.05, 0.1) is 21.9 Å². The molecule has 0 atom stereocenters. The van der Waals surface area contributed by atoms with Gasteiger partial charge in [-0.15, -0.1) is 5.10 Å². The monoisotopic (exact) mass is 405 g/mol. The number of hydrogen-bond donors (Lipinski definition) is 1. The van der Waals surface area contributed by atoms with Crippen molar-refractivity contribution in [2.45, 2.75) is 20.0 Å². The number of halogens is 3. The maximum Gasteiger partial charge on any atom is 0.416 e. The van der Waals surface area contributed by atoms with Crippen LogP contribution in [0.2, 0.25) is 0 Å². The molecule has 0 fully saturated rings. The van der Waals surface area contributed by atoms with E-state index in [1.54, 1.807) is 6.07 Å². The lowest BCUT2D eigenvalue weighted by Crippen LogP contribution is -2.15. The van der Waals surface area contributed by atoms with Gasteiger partial charge in [0.25, 0.3) is 11.6 Å². The van der Waals surface area contributed by atoms with Crippen molar-refractivity contribution in [2.24, 2.45) is 0 Å². The van der Waals surface area contributed by atoms with Crippen molar-refractivity contribution in [3.05, 3.63) is 75.1 Å². The minimum Gasteiger partial charge on any atom is -0.321 e. The molecular weight excluding hydrogens is 391 g/mol. The largest absolute Gasteiger partial charge is 0.416 e. The zero-order valence-electron chi connectivity index (χ0n) is 15.2. The minimum atomic E-state index is -4.55. The number of hydrogen-bond acceptors (Lipinski definition) is 5. The fraction of sp³-hybridized carbons (Fsp3) is 0.167. The van der Waals surface area contributed by atoms with Crippen LogP contribution in [-0.4, -0.2) is 25.8 Å². The van der Waals surface area contributed by atoms with Crippen molar-refractivity contribution in [1.82, 2.24) is 15.0 Å². The Hall–Kier alpha value is -3.76. The number of anilines is 1. The number of non-ortho nitro benzene ring substituents is 1. The van der Waals surface area contributed by atoms with Crippen LogP contribution in [0, 0.1) is 24.0 Å². The number of aryl methyl sites for hydroxylation is 1. The summed E-state index contributed by atoms with van der Waals surface area (Å²) in [7, 11) is 0. The Morgan fingerprint density at radius 3 is 2.55 bits per heavy atom. The lowest BCUT2D eigenvalue weighted by molar-refractivity contribution is -0.384. The molecule has 1 heterocycles. The Bertz CT molecular complexity index is 1110. The van der Waals surface area contributed by atoms with Crippen LogP contribution in [0.25, 0.3) is 5.69 Å². The third kappa shape index (κ3) is 4.08. The highest BCUT2D eigenvalue weighted by Crippen LogP contribution is 2.33. The van der Waals surface area contributed by atoms with E-state index in [0.29, 0.717) is 5.69 Å². The molecule has 29 heavy (non-hydrogen) atoms. The maximum absolute atomic E-state index is 13.0. The van der Waals surface area contributed by atoms with Crippen molar-refractivity contribution in [2.75, 3.05) is 5.32 Å². The number of nitrogens with one attached hydrogen (secondary N) is 1. The second-order valence-corrected chi connectivity index (χ2v) is 6.19. The van der Waals surface area contributed by atoms with Gasteiger partial charge in [-0.05, 0) is 37.6 Å². The zero-order chi connectivity index (χ0) is 21.3. The third-order valence-electron chi connectivity index (χ3n) is 4.20. The van der Waals surface area contributed by atoms with Crippen LogP contribution in [0.5, 0.6) is 0 Å². The van der Waals surface area contributed by atoms with Crippen LogP contribution in [-0.2, 0) is 6.18 Å². The molecule has 150 valence electrons. The van der Waals surface area contributed by atoms with E-state index in [4.69, 9.17) is 0 Å². The summed E-state index contributed by atoms with van der Waals surface area (Å²) < 4.78 is 40.4. The van der Waals surface area contributed by atoms with Gasteiger partial charge in [0.15, 0.2) is 5.69 Å². The van der Waals surface area contributed by atoms with Gasteiger partial charge in [-0.3, -0.25) is 14.9 Å². The molecule has 11 heteroatoms. The molecule has 0 spiro atoms. The Balaban J connectivity index is 1.89. The summed E-state index contributed by atoms with van der Waals surface area (Å²) in [5.74, 6) is -0.754. The number of nitro benzene ring substituents is 1. The first-order valence-corrected chi connectivity index (χ1v) is 8.24. The fourth-order valence-corrected chi connectivity index (χ4v) is 2.72. The van der Waals surface area contributed by atoms with E-state index < -0.39 is 22.6 Å². The van der Waals surface area contributed by atoms with Crippen LogP contribution in [0.15, 0.2) is 42.5 Å². The van der Waals surface area contributed by atoms with E-state index in [1.807, 2.05) is 0 Å². The predicted octanol–water partition coefficient (Wildman–Crippen LogP) is 4.06. The average molecular weight is 405 g/mol. The number of aromatic nitrogens is 3. The molecule has 3 rings (SSSR count). The normalized spacial score (nSPS) is 11.3. The average Bonchev–Trinajstić information content (AvgIpc) is 3.04. The highest BCUT2D eigenvalue weighted by atomic mass is 19.4. The highest BCUT2D eigenvalue weighted by molar-refractivity contribution is 6.03. The third-order valence-corrected chi connectivity index (χ3v) is 4.20. The molecule has 0 aliphatic heterocycles. The first kappa shape index (κ1) is 20.0. The highest BCUT2D eigenvalue weighted by Gasteiger charge is 2.32. The number of carbonyl (C=O) groups is 1. The van der Waals surface area contributed by atoms with E-state index >= 15 is 0 Å². The SMILES string of the molecule is Cc1ccc(NC(=O)c2nnn(-c3cccc([N+](=O)[O-])c3)c2C)cc1C(F)(F)F. The smallest absolute Gasteiger partial charge is 0.321 e. The molecule has 0 radical (unpaired) electrons. The lowest BCUT2D eigenvalue weighted by atomic mass is 10.1. The van der Waals surface area contributed by atoms with Crippen molar-refractivity contribution in [1.29, 1.82) is 0 Å². The predicted molar refractivity (Wildman–Crippen MR) is 96.9 cm³/mol. The van der Waals surface area contributed by atoms with Crippen molar-refractivity contribution in [3.63, 3.8) is 0 Å². The van der Waals surface area contributed by atoms with Crippen LogP contribution < -0.4 is 5.32 Å². The van der Waals surface area contributed by atoms with Gasteiger partial charge >= 0.3 is 6.18 Å². The summed E-state index contributed by atoms with van der Waals surface area (Å²) in [6.45, 7) is 2.84. The Morgan fingerprint density at radius 1 is 1.17 bits per heavy atom. The number of nitro groups is 1. The fourth-order valence-electron chi connectivity index (χ4n) is 2.72. The maximum atomic E-state index is 13.0. The first-order chi connectivity index (χ1) is 13.6. The Kier molecular flexibility index (Phi) is 5.06. The van der Waals surface area contributed by atoms with Crippen molar-refractivity contribution < 1.29 is 22.9 Å². The number of carbonyl (C=O) groups excluding carboxylic acids is 1. The Labute approximate surface area is 162 Å². The second kappa shape index (κ2) is 7.34. The van der Waals surface area contributed by atoms with E-state index in [-0.39, 0.29) is 28.3 Å². The van der Waals surface area contributed by atoms with Gasteiger partial charge < -0.3 is 5.32 Å². The molecular formula is C18H14F3N5O3. The zero-order valence-corrected chi connectivity index (χ0v) is 15.2. The van der Waals surface area contributed by atoms with Gasteiger partial charge in [0, 0.05) is 17.8 Å². The minimum absolute atomic E-state index is 0.0308. The van der Waals surface area contributed by atoms with Gasteiger partial charge in [-0.1, -0.05) is 17.3 Å². The van der Waals surface area contributed by atoms with E-state index in [0.717, 1.165) is 6.07 Å². The molecule has 0 aliphatic rings. The Morgan fingerprint density at radius 2 is 1.90 bits per heavy atom. The van der Waals surface area contributed by atoms with Crippen LogP contribution in [0.1, 0.15) is 27.3 Å². The van der Waals surface area contributed by atoms with Crippen LogP contribution >= 0.6 is 0 Å². The molecule has 0 saturated heterocycles. The number of alkyl halides is 3. The number of rotatable bonds is 4. The molecule has 1 N–H and O–H groups in total. The number of benzene rings is 2. The van der Waals surface area contributed by atoms with Gasteiger partial charge in [0.1, 0.15) is 0 Å². The van der Waals surface area contributed by atoms with Gasteiger partial charge in [-0.25, -0.2) is 4.68 Å². The summed E-state index contributed by atoms with van der Waals surface area (Å²) in [5, 5.41) is 20.9. The lowest BCUT2D eigenvalue weighted by Gasteiger charge is -2.12. The van der Waals surface area contributed by atoms with Crippen molar-refractivity contribution in [3.8, 4) is 5.69 Å². The van der Waals surface area contributed by atoms with Crippen molar-refractivity contribution >= 4 is 17.3 Å². The molecule has 1 amide bonds. The topological polar surface area (TPSA) is 103 Å². The van der Waals surface area contributed by atoms with Gasteiger partial charge in [-0.2, -0.15) is 13.2 Å². The quantitative estimate of drug-likeness (QED) is 0.521. The summed E-state index contributed by atoms with van der Waals surface area (Å²) in [5.41, 5.74) is -0.565. The van der Waals surface area contributed by atoms with Crippen LogP contribution in [0.4, 0.5) is 24.5 Å².